The first-order valence-corrected chi connectivity index (χ1v) is 6.65. The van der Waals surface area contributed by atoms with Gasteiger partial charge >= 0.3 is 0 Å². The summed E-state index contributed by atoms with van der Waals surface area (Å²) in [4.78, 5) is 13.9. The molecule has 0 aliphatic heterocycles. The normalized spacial score (nSPS) is 10.5. The van der Waals surface area contributed by atoms with Crippen molar-refractivity contribution in [1.82, 2.24) is 4.90 Å². The van der Waals surface area contributed by atoms with Crippen LogP contribution in [0.1, 0.15) is 23.0 Å². The monoisotopic (exact) mass is 297 g/mol. The summed E-state index contributed by atoms with van der Waals surface area (Å²) in [6.07, 6.45) is 0. The van der Waals surface area contributed by atoms with Gasteiger partial charge in [0.2, 0.25) is 0 Å². The molecule has 0 aliphatic rings. The van der Waals surface area contributed by atoms with Gasteiger partial charge in [-0.15, -0.1) is 0 Å². The molecule has 3 nitrogen and oxygen atoms in total. The van der Waals surface area contributed by atoms with E-state index in [9.17, 15) is 4.79 Å². The zero-order chi connectivity index (χ0) is 13.8. The summed E-state index contributed by atoms with van der Waals surface area (Å²) >= 11 is 11.6. The summed E-state index contributed by atoms with van der Waals surface area (Å²) in [5, 5.41) is 0.865. The Morgan fingerprint density at radius 1 is 1.26 bits per heavy atom. The number of carbonyl (C=O) groups excluding carboxylic acids is 1. The second-order valence-electron chi connectivity index (χ2n) is 4.05. The van der Waals surface area contributed by atoms with E-state index in [0.29, 0.717) is 18.1 Å². The summed E-state index contributed by atoms with van der Waals surface area (Å²) < 4.78 is 5.14. The molecule has 1 amide bonds. The molecule has 0 N–H and O–H groups in total. The third kappa shape index (κ3) is 3.52. The topological polar surface area (TPSA) is 33.5 Å². The number of benzene rings is 1. The quantitative estimate of drug-likeness (QED) is 0.845. The SMILES string of the molecule is CCN(Cc1cccc(Cl)c1)C(=O)c1ccc(Cl)o1. The van der Waals surface area contributed by atoms with Crippen molar-refractivity contribution in [3.05, 3.63) is 58.0 Å². The van der Waals surface area contributed by atoms with Crippen LogP contribution in [0, 0.1) is 0 Å². The van der Waals surface area contributed by atoms with Gasteiger partial charge in [0.15, 0.2) is 11.0 Å². The lowest BCUT2D eigenvalue weighted by Crippen LogP contribution is -2.29. The minimum Gasteiger partial charge on any atom is -0.440 e. The molecule has 0 bridgehead atoms. The summed E-state index contributed by atoms with van der Waals surface area (Å²) in [5.74, 6) is 0.0586. The molecule has 0 saturated heterocycles. The third-order valence-electron chi connectivity index (χ3n) is 2.72. The Labute approximate surface area is 121 Å². The van der Waals surface area contributed by atoms with Gasteiger partial charge in [0.05, 0.1) is 0 Å². The van der Waals surface area contributed by atoms with Crippen molar-refractivity contribution in [2.24, 2.45) is 0 Å². The average molecular weight is 298 g/mol. The van der Waals surface area contributed by atoms with Gasteiger partial charge < -0.3 is 9.32 Å². The smallest absolute Gasteiger partial charge is 0.289 e. The molecule has 1 heterocycles. The highest BCUT2D eigenvalue weighted by atomic mass is 35.5. The van der Waals surface area contributed by atoms with Crippen LogP contribution in [0.2, 0.25) is 10.2 Å². The predicted molar refractivity (Wildman–Crippen MR) is 75.6 cm³/mol. The van der Waals surface area contributed by atoms with Gasteiger partial charge in [-0.2, -0.15) is 0 Å². The van der Waals surface area contributed by atoms with Crippen molar-refractivity contribution in [3.63, 3.8) is 0 Å². The first-order valence-electron chi connectivity index (χ1n) is 5.89. The van der Waals surface area contributed by atoms with E-state index < -0.39 is 0 Å². The van der Waals surface area contributed by atoms with E-state index >= 15 is 0 Å². The first kappa shape index (κ1) is 14.0. The molecule has 2 aromatic rings. The molecular formula is C14H13Cl2NO2. The number of nitrogens with zero attached hydrogens (tertiary/aromatic N) is 1. The van der Waals surface area contributed by atoms with E-state index in [4.69, 9.17) is 27.6 Å². The molecule has 0 aliphatic carbocycles. The molecule has 0 unspecified atom stereocenters. The molecule has 0 saturated carbocycles. The van der Waals surface area contributed by atoms with E-state index in [1.807, 2.05) is 25.1 Å². The van der Waals surface area contributed by atoms with Crippen LogP contribution in [0.15, 0.2) is 40.8 Å². The van der Waals surface area contributed by atoms with Gasteiger partial charge in [0.25, 0.3) is 5.91 Å². The van der Waals surface area contributed by atoms with Crippen LogP contribution in [0.25, 0.3) is 0 Å². The molecule has 2 rings (SSSR count). The van der Waals surface area contributed by atoms with Crippen LogP contribution >= 0.6 is 23.2 Å². The van der Waals surface area contributed by atoms with Crippen LogP contribution < -0.4 is 0 Å². The maximum Gasteiger partial charge on any atom is 0.289 e. The van der Waals surface area contributed by atoms with Crippen molar-refractivity contribution in [1.29, 1.82) is 0 Å². The largest absolute Gasteiger partial charge is 0.440 e. The molecule has 19 heavy (non-hydrogen) atoms. The Balaban J connectivity index is 2.14. The fourth-order valence-corrected chi connectivity index (χ4v) is 2.13. The lowest BCUT2D eigenvalue weighted by molar-refractivity contribution is 0.0720. The Hall–Kier alpha value is -1.45. The van der Waals surface area contributed by atoms with E-state index in [-0.39, 0.29) is 16.9 Å². The Bertz CT molecular complexity index is 580. The summed E-state index contributed by atoms with van der Waals surface area (Å²) in [6.45, 7) is 2.96. The van der Waals surface area contributed by atoms with Crippen molar-refractivity contribution in [2.75, 3.05) is 6.54 Å². The number of rotatable bonds is 4. The predicted octanol–water partition coefficient (Wildman–Crippen LogP) is 4.25. The number of halogens is 2. The number of furan rings is 1. The van der Waals surface area contributed by atoms with E-state index in [1.54, 1.807) is 23.1 Å². The Morgan fingerprint density at radius 2 is 2.05 bits per heavy atom. The molecular weight excluding hydrogens is 285 g/mol. The average Bonchev–Trinajstić information content (AvgIpc) is 2.82. The maximum absolute atomic E-state index is 12.2. The fourth-order valence-electron chi connectivity index (χ4n) is 1.77. The van der Waals surface area contributed by atoms with Crippen LogP contribution in [0.4, 0.5) is 0 Å². The second kappa shape index (κ2) is 6.13. The molecule has 0 atom stereocenters. The molecule has 100 valence electrons. The minimum atomic E-state index is -0.186. The number of hydrogen-bond acceptors (Lipinski definition) is 2. The zero-order valence-electron chi connectivity index (χ0n) is 10.4. The van der Waals surface area contributed by atoms with E-state index in [0.717, 1.165) is 5.56 Å². The van der Waals surface area contributed by atoms with Gasteiger partial charge in [-0.3, -0.25) is 4.79 Å². The highest BCUT2D eigenvalue weighted by Crippen LogP contribution is 2.17. The highest BCUT2D eigenvalue weighted by Gasteiger charge is 2.18. The van der Waals surface area contributed by atoms with Crippen LogP contribution in [0.3, 0.4) is 0 Å². The maximum atomic E-state index is 12.2. The summed E-state index contributed by atoms with van der Waals surface area (Å²) in [7, 11) is 0. The third-order valence-corrected chi connectivity index (χ3v) is 3.15. The lowest BCUT2D eigenvalue weighted by atomic mass is 10.2. The van der Waals surface area contributed by atoms with Crippen molar-refractivity contribution < 1.29 is 9.21 Å². The molecule has 0 spiro atoms. The molecule has 1 aromatic heterocycles. The van der Waals surface area contributed by atoms with Gasteiger partial charge in [0.1, 0.15) is 0 Å². The lowest BCUT2D eigenvalue weighted by Gasteiger charge is -2.19. The van der Waals surface area contributed by atoms with Crippen molar-refractivity contribution in [3.8, 4) is 0 Å². The number of amides is 1. The van der Waals surface area contributed by atoms with E-state index in [2.05, 4.69) is 0 Å². The van der Waals surface area contributed by atoms with E-state index in [1.165, 1.54) is 0 Å². The molecule has 5 heteroatoms. The summed E-state index contributed by atoms with van der Waals surface area (Å²) in [5.41, 5.74) is 0.973. The van der Waals surface area contributed by atoms with Gasteiger partial charge in [-0.05, 0) is 48.4 Å². The van der Waals surface area contributed by atoms with Crippen LogP contribution in [-0.4, -0.2) is 17.4 Å². The van der Waals surface area contributed by atoms with Gasteiger partial charge in [0, 0.05) is 18.1 Å². The van der Waals surface area contributed by atoms with Crippen LogP contribution in [-0.2, 0) is 6.54 Å². The second-order valence-corrected chi connectivity index (χ2v) is 4.86. The Morgan fingerprint density at radius 3 is 2.63 bits per heavy atom. The zero-order valence-corrected chi connectivity index (χ0v) is 11.9. The first-order chi connectivity index (χ1) is 9.10. The molecule has 0 radical (unpaired) electrons. The molecule has 1 aromatic carbocycles. The number of hydrogen-bond donors (Lipinski definition) is 0. The fraction of sp³-hybridized carbons (Fsp3) is 0.214. The van der Waals surface area contributed by atoms with Crippen LogP contribution in [0.5, 0.6) is 0 Å². The van der Waals surface area contributed by atoms with Gasteiger partial charge in [-0.25, -0.2) is 0 Å². The Kier molecular flexibility index (Phi) is 4.51. The molecule has 0 fully saturated rings. The van der Waals surface area contributed by atoms with Gasteiger partial charge in [-0.1, -0.05) is 23.7 Å². The highest BCUT2D eigenvalue weighted by molar-refractivity contribution is 6.30. The van der Waals surface area contributed by atoms with Crippen molar-refractivity contribution in [2.45, 2.75) is 13.5 Å². The van der Waals surface area contributed by atoms with Crippen molar-refractivity contribution >= 4 is 29.1 Å². The minimum absolute atomic E-state index is 0.186. The standard InChI is InChI=1S/C14H13Cl2NO2/c1-2-17(9-10-4-3-5-11(15)8-10)14(18)12-6-7-13(16)19-12/h3-8H,2,9H2,1H3. The number of carbonyl (C=O) groups is 1. The summed E-state index contributed by atoms with van der Waals surface area (Å²) in [6, 6.07) is 10.6.